The number of carbonyl (C=O) groups excluding carboxylic acids is 1. The van der Waals surface area contributed by atoms with Gasteiger partial charge in [-0.05, 0) is 62.0 Å². The molecule has 2 aromatic heterocycles. The number of rotatable bonds is 5. The summed E-state index contributed by atoms with van der Waals surface area (Å²) in [6, 6.07) is 11.4. The Morgan fingerprint density at radius 1 is 1.16 bits per heavy atom. The summed E-state index contributed by atoms with van der Waals surface area (Å²) in [5, 5.41) is 9.54. The lowest BCUT2D eigenvalue weighted by atomic mass is 10.0. The van der Waals surface area contributed by atoms with Gasteiger partial charge < -0.3 is 21.3 Å². The van der Waals surface area contributed by atoms with E-state index < -0.39 is 11.8 Å². The number of amides is 2. The smallest absolute Gasteiger partial charge is 0.323 e. The highest BCUT2D eigenvalue weighted by molar-refractivity contribution is 6.00. The number of anilines is 3. The second-order valence-corrected chi connectivity index (χ2v) is 7.85. The van der Waals surface area contributed by atoms with E-state index in [4.69, 9.17) is 5.73 Å². The van der Waals surface area contributed by atoms with Gasteiger partial charge in [-0.15, -0.1) is 0 Å². The highest BCUT2D eigenvalue weighted by Crippen LogP contribution is 2.33. The van der Waals surface area contributed by atoms with Crippen LogP contribution in [0, 0.1) is 12.7 Å². The summed E-state index contributed by atoms with van der Waals surface area (Å²) in [5.41, 5.74) is 11.3. The molecular weight excluding hydrogens is 409 g/mol. The number of hydrogen-bond acceptors (Lipinski definition) is 5. The van der Waals surface area contributed by atoms with Crippen LogP contribution in [-0.2, 0) is 6.54 Å². The molecule has 0 radical (unpaired) electrons. The van der Waals surface area contributed by atoms with Crippen molar-refractivity contribution >= 4 is 28.7 Å². The fourth-order valence-electron chi connectivity index (χ4n) is 3.61. The average Bonchev–Trinajstić information content (AvgIpc) is 3.10. The summed E-state index contributed by atoms with van der Waals surface area (Å²) in [6.45, 7) is 2.53. The van der Waals surface area contributed by atoms with Crippen LogP contribution in [0.2, 0.25) is 0 Å². The van der Waals surface area contributed by atoms with Gasteiger partial charge in [-0.25, -0.2) is 18.7 Å². The maximum absolute atomic E-state index is 13.9. The van der Waals surface area contributed by atoms with Gasteiger partial charge >= 0.3 is 6.03 Å². The zero-order chi connectivity index (χ0) is 22.8. The summed E-state index contributed by atoms with van der Waals surface area (Å²) in [4.78, 5) is 18.5. The summed E-state index contributed by atoms with van der Waals surface area (Å²) in [5.74, 6) is -0.100. The number of hydrogen-bond donors (Lipinski definition) is 3. The maximum Gasteiger partial charge on any atom is 0.323 e. The quantitative estimate of drug-likeness (QED) is 0.439. The van der Waals surface area contributed by atoms with Crippen molar-refractivity contribution in [1.82, 2.24) is 19.5 Å². The standard InChI is InChI=1S/C23H24FN7O/c1-14-4-9-18(24)19(10-14)29-23(32)28-17-7-5-15(6-8-17)20-16(11-30(2)3)12-31-21(20)22(25)26-13-27-31/h4-10,12-13H,11H2,1-3H3,(H2,25,26,27)(H2,28,29,32). The number of nitrogens with zero attached hydrogens (tertiary/aromatic N) is 4. The van der Waals surface area contributed by atoms with Gasteiger partial charge in [0.1, 0.15) is 17.7 Å². The van der Waals surface area contributed by atoms with E-state index in [-0.39, 0.29) is 5.69 Å². The molecule has 2 amide bonds. The molecule has 0 atom stereocenters. The van der Waals surface area contributed by atoms with Crippen LogP contribution in [0.25, 0.3) is 16.6 Å². The molecule has 2 heterocycles. The molecule has 9 heteroatoms. The van der Waals surface area contributed by atoms with E-state index in [9.17, 15) is 9.18 Å². The Labute approximate surface area is 184 Å². The van der Waals surface area contributed by atoms with E-state index in [1.54, 1.807) is 28.8 Å². The maximum atomic E-state index is 13.9. The molecular formula is C23H24FN7O. The number of aryl methyl sites for hydroxylation is 1. The van der Waals surface area contributed by atoms with Crippen molar-refractivity contribution in [2.45, 2.75) is 13.5 Å². The fraction of sp³-hybridized carbons (Fsp3) is 0.174. The van der Waals surface area contributed by atoms with Gasteiger partial charge in [0, 0.05) is 24.0 Å². The van der Waals surface area contributed by atoms with Gasteiger partial charge in [0.25, 0.3) is 0 Å². The van der Waals surface area contributed by atoms with Gasteiger partial charge in [-0.1, -0.05) is 18.2 Å². The van der Waals surface area contributed by atoms with Gasteiger partial charge in [0.2, 0.25) is 0 Å². The van der Waals surface area contributed by atoms with Crippen LogP contribution in [-0.4, -0.2) is 39.6 Å². The van der Waals surface area contributed by atoms with Crippen molar-refractivity contribution in [3.63, 3.8) is 0 Å². The Morgan fingerprint density at radius 2 is 1.91 bits per heavy atom. The molecule has 8 nitrogen and oxygen atoms in total. The Balaban J connectivity index is 1.59. The van der Waals surface area contributed by atoms with Crippen LogP contribution in [0.3, 0.4) is 0 Å². The highest BCUT2D eigenvalue weighted by Gasteiger charge is 2.17. The highest BCUT2D eigenvalue weighted by atomic mass is 19.1. The van der Waals surface area contributed by atoms with E-state index in [1.165, 1.54) is 12.4 Å². The van der Waals surface area contributed by atoms with E-state index in [1.807, 2.05) is 39.3 Å². The molecule has 0 fully saturated rings. The summed E-state index contributed by atoms with van der Waals surface area (Å²) in [6.07, 6.45) is 3.37. The first-order chi connectivity index (χ1) is 15.3. The summed E-state index contributed by atoms with van der Waals surface area (Å²) >= 11 is 0. The minimum Gasteiger partial charge on any atom is -0.382 e. The molecule has 0 saturated carbocycles. The monoisotopic (exact) mass is 433 g/mol. The average molecular weight is 433 g/mol. The van der Waals surface area contributed by atoms with Gasteiger partial charge in [-0.2, -0.15) is 5.10 Å². The third-order valence-corrected chi connectivity index (χ3v) is 4.97. The molecule has 0 bridgehead atoms. The molecule has 0 spiro atoms. The molecule has 0 saturated heterocycles. The molecule has 4 N–H and O–H groups in total. The Hall–Kier alpha value is -3.98. The predicted octanol–water partition coefficient (Wildman–Crippen LogP) is 4.13. The number of benzene rings is 2. The molecule has 4 aromatic rings. The normalized spacial score (nSPS) is 11.2. The molecule has 0 aliphatic rings. The van der Waals surface area contributed by atoms with E-state index >= 15 is 0 Å². The third kappa shape index (κ3) is 4.37. The van der Waals surface area contributed by atoms with Crippen LogP contribution in [0.1, 0.15) is 11.1 Å². The number of nitrogens with two attached hydrogens (primary N) is 1. The van der Waals surface area contributed by atoms with Gasteiger partial charge in [0.05, 0.1) is 5.69 Å². The van der Waals surface area contributed by atoms with Crippen molar-refractivity contribution in [3.05, 3.63) is 71.9 Å². The van der Waals surface area contributed by atoms with E-state index in [0.717, 1.165) is 27.8 Å². The molecule has 2 aromatic carbocycles. The zero-order valence-electron chi connectivity index (χ0n) is 18.1. The topological polar surface area (TPSA) is 101 Å². The first-order valence-electron chi connectivity index (χ1n) is 10.0. The van der Waals surface area contributed by atoms with Crippen molar-refractivity contribution < 1.29 is 9.18 Å². The molecule has 164 valence electrons. The number of fused-ring (bicyclic) bond motifs is 1. The van der Waals surface area contributed by atoms with Gasteiger partial charge in [-0.3, -0.25) is 0 Å². The Bertz CT molecular complexity index is 1280. The second-order valence-electron chi connectivity index (χ2n) is 7.85. The number of carbonyl (C=O) groups is 1. The number of urea groups is 1. The summed E-state index contributed by atoms with van der Waals surface area (Å²) in [7, 11) is 3.98. The zero-order valence-corrected chi connectivity index (χ0v) is 18.1. The summed E-state index contributed by atoms with van der Waals surface area (Å²) < 4.78 is 15.6. The Kier molecular flexibility index (Phi) is 5.74. The minimum atomic E-state index is -0.525. The largest absolute Gasteiger partial charge is 0.382 e. The lowest BCUT2D eigenvalue weighted by molar-refractivity contribution is 0.262. The number of aromatic nitrogens is 3. The van der Waals surface area contributed by atoms with Crippen LogP contribution < -0.4 is 16.4 Å². The molecule has 0 aliphatic heterocycles. The fourth-order valence-corrected chi connectivity index (χ4v) is 3.61. The van der Waals surface area contributed by atoms with Crippen LogP contribution in [0.15, 0.2) is 55.0 Å². The predicted molar refractivity (Wildman–Crippen MR) is 124 cm³/mol. The lowest BCUT2D eigenvalue weighted by Gasteiger charge is -2.12. The van der Waals surface area contributed by atoms with Crippen LogP contribution in [0.5, 0.6) is 0 Å². The first-order valence-corrected chi connectivity index (χ1v) is 10.0. The van der Waals surface area contributed by atoms with Crippen molar-refractivity contribution in [2.24, 2.45) is 0 Å². The van der Waals surface area contributed by atoms with Gasteiger partial charge in [0.15, 0.2) is 5.82 Å². The second kappa shape index (κ2) is 8.64. The van der Waals surface area contributed by atoms with Crippen molar-refractivity contribution in [3.8, 4) is 11.1 Å². The number of nitrogen functional groups attached to an aromatic ring is 1. The van der Waals surface area contributed by atoms with E-state index in [2.05, 4.69) is 25.6 Å². The SMILES string of the molecule is Cc1ccc(F)c(NC(=O)Nc2ccc(-c3c(CN(C)C)cn4ncnc(N)c34)cc2)c1. The first kappa shape index (κ1) is 21.3. The number of nitrogens with one attached hydrogen (secondary N) is 2. The van der Waals surface area contributed by atoms with Crippen molar-refractivity contribution in [1.29, 1.82) is 0 Å². The Morgan fingerprint density at radius 3 is 2.62 bits per heavy atom. The molecule has 0 unspecified atom stereocenters. The van der Waals surface area contributed by atoms with E-state index in [0.29, 0.717) is 18.1 Å². The molecule has 4 rings (SSSR count). The lowest BCUT2D eigenvalue weighted by Crippen LogP contribution is -2.20. The minimum absolute atomic E-state index is 0.128. The third-order valence-electron chi connectivity index (χ3n) is 4.97. The molecule has 0 aliphatic carbocycles. The van der Waals surface area contributed by atoms with Crippen LogP contribution >= 0.6 is 0 Å². The van der Waals surface area contributed by atoms with Crippen molar-refractivity contribution in [2.75, 3.05) is 30.5 Å². The van der Waals surface area contributed by atoms with Crippen LogP contribution in [0.4, 0.5) is 26.4 Å². The molecule has 32 heavy (non-hydrogen) atoms. The number of halogens is 1.